The quantitative estimate of drug-likeness (QED) is 0.723. The number of rotatable bonds is 3. The Morgan fingerprint density at radius 1 is 1.25 bits per heavy atom. The number of H-pyrrole nitrogens is 1. The van der Waals surface area contributed by atoms with E-state index in [9.17, 15) is 4.79 Å². The maximum absolute atomic E-state index is 12.2. The van der Waals surface area contributed by atoms with Gasteiger partial charge in [-0.1, -0.05) is 6.07 Å². The standard InChI is InChI=1S/C15H13N3OS/c1-20-11-5-2-4-10(8-11)17-15(19)14-9-13-12(18-14)6-3-7-16-13/h2-9,18H,1H3,(H,17,19). The smallest absolute Gasteiger partial charge is 0.272 e. The molecular formula is C15H13N3OS. The number of nitrogens with zero attached hydrogens (tertiary/aromatic N) is 1. The number of thioether (sulfide) groups is 1. The second kappa shape index (κ2) is 5.38. The Bertz CT molecular complexity index is 733. The third kappa shape index (κ3) is 2.53. The Balaban J connectivity index is 1.85. The fourth-order valence-electron chi connectivity index (χ4n) is 1.98. The molecule has 3 rings (SSSR count). The van der Waals surface area contributed by atoms with E-state index in [-0.39, 0.29) is 5.91 Å². The summed E-state index contributed by atoms with van der Waals surface area (Å²) in [4.78, 5) is 20.6. The molecule has 0 aliphatic rings. The van der Waals surface area contributed by atoms with Crippen LogP contribution in [0.5, 0.6) is 0 Å². The van der Waals surface area contributed by atoms with Crippen molar-refractivity contribution in [2.75, 3.05) is 11.6 Å². The van der Waals surface area contributed by atoms with Gasteiger partial charge in [0.05, 0.1) is 11.0 Å². The summed E-state index contributed by atoms with van der Waals surface area (Å²) < 4.78 is 0. The van der Waals surface area contributed by atoms with Crippen molar-refractivity contribution in [3.05, 3.63) is 54.4 Å². The first-order chi connectivity index (χ1) is 9.76. The summed E-state index contributed by atoms with van der Waals surface area (Å²) in [5, 5.41) is 2.88. The maximum Gasteiger partial charge on any atom is 0.272 e. The summed E-state index contributed by atoms with van der Waals surface area (Å²) >= 11 is 1.64. The number of benzene rings is 1. The second-order valence-corrected chi connectivity index (χ2v) is 5.18. The number of aromatic amines is 1. The van der Waals surface area contributed by atoms with E-state index >= 15 is 0 Å². The van der Waals surface area contributed by atoms with Gasteiger partial charge in [-0.3, -0.25) is 9.78 Å². The van der Waals surface area contributed by atoms with Gasteiger partial charge >= 0.3 is 0 Å². The SMILES string of the molecule is CSc1cccc(NC(=O)c2cc3ncccc3[nH]2)c1. The van der Waals surface area contributed by atoms with Gasteiger partial charge in [0.15, 0.2) is 0 Å². The van der Waals surface area contributed by atoms with Gasteiger partial charge in [0.25, 0.3) is 5.91 Å². The third-order valence-electron chi connectivity index (χ3n) is 2.96. The highest BCUT2D eigenvalue weighted by atomic mass is 32.2. The molecule has 0 atom stereocenters. The lowest BCUT2D eigenvalue weighted by Crippen LogP contribution is -2.12. The fourth-order valence-corrected chi connectivity index (χ4v) is 2.44. The predicted octanol–water partition coefficient (Wildman–Crippen LogP) is 3.54. The van der Waals surface area contributed by atoms with Gasteiger partial charge in [-0.05, 0) is 42.7 Å². The van der Waals surface area contributed by atoms with Crippen LogP contribution in [0.4, 0.5) is 5.69 Å². The highest BCUT2D eigenvalue weighted by Crippen LogP contribution is 2.20. The molecule has 0 bridgehead atoms. The van der Waals surface area contributed by atoms with E-state index in [1.165, 1.54) is 0 Å². The van der Waals surface area contributed by atoms with E-state index in [1.54, 1.807) is 24.0 Å². The molecule has 0 fully saturated rings. The molecule has 0 spiro atoms. The van der Waals surface area contributed by atoms with Gasteiger partial charge in [-0.15, -0.1) is 11.8 Å². The van der Waals surface area contributed by atoms with Crippen molar-refractivity contribution in [1.82, 2.24) is 9.97 Å². The fraction of sp³-hybridized carbons (Fsp3) is 0.0667. The van der Waals surface area contributed by atoms with Gasteiger partial charge < -0.3 is 10.3 Å². The first-order valence-electron chi connectivity index (χ1n) is 6.15. The number of hydrogen-bond donors (Lipinski definition) is 2. The Hall–Kier alpha value is -2.27. The second-order valence-electron chi connectivity index (χ2n) is 4.31. The molecule has 2 heterocycles. The first kappa shape index (κ1) is 12.7. The summed E-state index contributed by atoms with van der Waals surface area (Å²) in [6.07, 6.45) is 3.71. The van der Waals surface area contributed by atoms with Crippen LogP contribution in [-0.4, -0.2) is 22.1 Å². The lowest BCUT2D eigenvalue weighted by atomic mass is 10.3. The van der Waals surface area contributed by atoms with Gasteiger partial charge in [-0.25, -0.2) is 0 Å². The molecule has 20 heavy (non-hydrogen) atoms. The Kier molecular flexibility index (Phi) is 3.43. The molecule has 0 aliphatic carbocycles. The first-order valence-corrected chi connectivity index (χ1v) is 7.38. The topological polar surface area (TPSA) is 57.8 Å². The van der Waals surface area contributed by atoms with Crippen molar-refractivity contribution >= 4 is 34.4 Å². The van der Waals surface area contributed by atoms with Gasteiger partial charge in [0.2, 0.25) is 0 Å². The number of hydrogen-bond acceptors (Lipinski definition) is 3. The monoisotopic (exact) mass is 283 g/mol. The Labute approximate surface area is 120 Å². The number of anilines is 1. The van der Waals surface area contributed by atoms with E-state index in [0.717, 1.165) is 21.6 Å². The molecule has 0 saturated heterocycles. The van der Waals surface area contributed by atoms with E-state index in [1.807, 2.05) is 42.7 Å². The molecule has 2 N–H and O–H groups in total. The van der Waals surface area contributed by atoms with Crippen LogP contribution >= 0.6 is 11.8 Å². The lowest BCUT2D eigenvalue weighted by Gasteiger charge is -2.05. The van der Waals surface area contributed by atoms with Crippen molar-refractivity contribution in [1.29, 1.82) is 0 Å². The maximum atomic E-state index is 12.2. The molecular weight excluding hydrogens is 270 g/mol. The van der Waals surface area contributed by atoms with E-state index in [4.69, 9.17) is 0 Å². The van der Waals surface area contributed by atoms with Crippen LogP contribution in [0.3, 0.4) is 0 Å². The molecule has 0 radical (unpaired) electrons. The minimum atomic E-state index is -0.166. The molecule has 0 unspecified atom stereocenters. The Morgan fingerprint density at radius 3 is 2.95 bits per heavy atom. The number of amides is 1. The summed E-state index contributed by atoms with van der Waals surface area (Å²) in [6.45, 7) is 0. The van der Waals surface area contributed by atoms with Gasteiger partial charge in [-0.2, -0.15) is 0 Å². The summed E-state index contributed by atoms with van der Waals surface area (Å²) in [6, 6.07) is 13.2. The van der Waals surface area contributed by atoms with Crippen molar-refractivity contribution in [3.8, 4) is 0 Å². The number of carbonyl (C=O) groups excluding carboxylic acids is 1. The van der Waals surface area contributed by atoms with Crippen LogP contribution in [0, 0.1) is 0 Å². The zero-order valence-electron chi connectivity index (χ0n) is 10.9. The van der Waals surface area contributed by atoms with E-state index in [0.29, 0.717) is 5.69 Å². The molecule has 3 aromatic rings. The van der Waals surface area contributed by atoms with Gasteiger partial charge in [0, 0.05) is 16.8 Å². The number of pyridine rings is 1. The molecule has 4 nitrogen and oxygen atoms in total. The number of carbonyl (C=O) groups is 1. The van der Waals surface area contributed by atoms with Crippen LogP contribution in [0.2, 0.25) is 0 Å². The van der Waals surface area contributed by atoms with E-state index < -0.39 is 0 Å². The molecule has 100 valence electrons. The summed E-state index contributed by atoms with van der Waals surface area (Å²) in [7, 11) is 0. The van der Waals surface area contributed by atoms with Crippen LogP contribution in [0.25, 0.3) is 11.0 Å². The van der Waals surface area contributed by atoms with Crippen LogP contribution in [0.1, 0.15) is 10.5 Å². The third-order valence-corrected chi connectivity index (χ3v) is 3.69. The lowest BCUT2D eigenvalue weighted by molar-refractivity contribution is 0.102. The average molecular weight is 283 g/mol. The van der Waals surface area contributed by atoms with Crippen molar-refractivity contribution in [2.45, 2.75) is 4.90 Å². The minimum Gasteiger partial charge on any atom is -0.349 e. The predicted molar refractivity (Wildman–Crippen MR) is 82.3 cm³/mol. The minimum absolute atomic E-state index is 0.166. The summed E-state index contributed by atoms with van der Waals surface area (Å²) in [5.74, 6) is -0.166. The van der Waals surface area contributed by atoms with Crippen LogP contribution in [-0.2, 0) is 0 Å². The number of fused-ring (bicyclic) bond motifs is 1. The molecule has 1 aromatic carbocycles. The molecule has 1 amide bonds. The van der Waals surface area contributed by atoms with Crippen LogP contribution < -0.4 is 5.32 Å². The molecule has 0 aliphatic heterocycles. The normalized spacial score (nSPS) is 10.7. The highest BCUT2D eigenvalue weighted by Gasteiger charge is 2.10. The molecule has 0 saturated carbocycles. The largest absolute Gasteiger partial charge is 0.349 e. The highest BCUT2D eigenvalue weighted by molar-refractivity contribution is 7.98. The Morgan fingerprint density at radius 2 is 2.15 bits per heavy atom. The molecule has 5 heteroatoms. The van der Waals surface area contributed by atoms with Crippen molar-refractivity contribution in [2.24, 2.45) is 0 Å². The van der Waals surface area contributed by atoms with E-state index in [2.05, 4.69) is 15.3 Å². The number of aromatic nitrogens is 2. The zero-order valence-corrected chi connectivity index (χ0v) is 11.7. The van der Waals surface area contributed by atoms with Crippen molar-refractivity contribution < 1.29 is 4.79 Å². The van der Waals surface area contributed by atoms with Crippen LogP contribution in [0.15, 0.2) is 53.6 Å². The molecule has 2 aromatic heterocycles. The average Bonchev–Trinajstić information content (AvgIpc) is 2.91. The summed E-state index contributed by atoms with van der Waals surface area (Å²) in [5.41, 5.74) is 2.94. The van der Waals surface area contributed by atoms with Gasteiger partial charge in [0.1, 0.15) is 5.69 Å². The zero-order chi connectivity index (χ0) is 13.9. The van der Waals surface area contributed by atoms with Crippen molar-refractivity contribution in [3.63, 3.8) is 0 Å². The number of nitrogens with one attached hydrogen (secondary N) is 2.